The van der Waals surface area contributed by atoms with Crippen molar-refractivity contribution in [3.8, 4) is 22.6 Å². The van der Waals surface area contributed by atoms with Crippen LogP contribution in [0.1, 0.15) is 6.92 Å². The van der Waals surface area contributed by atoms with Crippen LogP contribution in [0.4, 0.5) is 14.5 Å². The molecule has 2 aromatic heterocycles. The van der Waals surface area contributed by atoms with Crippen LogP contribution in [0.2, 0.25) is 0 Å². The van der Waals surface area contributed by atoms with Crippen LogP contribution in [0.25, 0.3) is 21.9 Å². The van der Waals surface area contributed by atoms with E-state index in [1.54, 1.807) is 19.3 Å². The minimum Gasteiger partial charge on any atom is -0.454 e. The number of halogens is 2. The van der Waals surface area contributed by atoms with E-state index in [4.69, 9.17) is 4.74 Å². The number of aryl methyl sites for hydroxylation is 1. The van der Waals surface area contributed by atoms with Crippen molar-refractivity contribution in [3.05, 3.63) is 83.0 Å². The van der Waals surface area contributed by atoms with Crippen LogP contribution in [0.3, 0.4) is 0 Å². The van der Waals surface area contributed by atoms with Gasteiger partial charge in [-0.3, -0.25) is 14.5 Å². The molecule has 4 rings (SSSR count). The van der Waals surface area contributed by atoms with Crippen LogP contribution < -0.4 is 15.0 Å². The van der Waals surface area contributed by atoms with Gasteiger partial charge in [0.15, 0.2) is 11.6 Å². The maximum Gasteiger partial charge on any atom is 0.258 e. The van der Waals surface area contributed by atoms with E-state index in [9.17, 15) is 22.0 Å². The summed E-state index contributed by atoms with van der Waals surface area (Å²) in [4.78, 5) is 16.7. The van der Waals surface area contributed by atoms with Crippen LogP contribution in [0.15, 0.2) is 65.8 Å². The summed E-state index contributed by atoms with van der Waals surface area (Å²) in [5.41, 5.74) is 0.898. The zero-order valence-corrected chi connectivity index (χ0v) is 18.5. The number of rotatable bonds is 6. The summed E-state index contributed by atoms with van der Waals surface area (Å²) in [6.45, 7) is 1.50. The highest BCUT2D eigenvalue weighted by Gasteiger charge is 2.18. The predicted molar refractivity (Wildman–Crippen MR) is 122 cm³/mol. The molecule has 0 atom stereocenters. The quantitative estimate of drug-likeness (QED) is 0.449. The van der Waals surface area contributed by atoms with Crippen molar-refractivity contribution in [2.45, 2.75) is 6.92 Å². The van der Waals surface area contributed by atoms with E-state index in [0.717, 1.165) is 12.1 Å². The molecule has 0 unspecified atom stereocenters. The normalized spacial score (nSPS) is 11.5. The van der Waals surface area contributed by atoms with E-state index < -0.39 is 21.7 Å². The predicted octanol–water partition coefficient (Wildman–Crippen LogP) is 4.43. The largest absolute Gasteiger partial charge is 0.454 e. The Morgan fingerprint density at radius 1 is 1.03 bits per heavy atom. The third kappa shape index (κ3) is 4.56. The number of fused-ring (bicyclic) bond motifs is 1. The summed E-state index contributed by atoms with van der Waals surface area (Å²) >= 11 is 0. The van der Waals surface area contributed by atoms with Gasteiger partial charge < -0.3 is 9.30 Å². The van der Waals surface area contributed by atoms with Crippen LogP contribution in [0, 0.1) is 11.6 Å². The first kappa shape index (κ1) is 22.4. The Morgan fingerprint density at radius 2 is 1.79 bits per heavy atom. The van der Waals surface area contributed by atoms with E-state index in [2.05, 4.69) is 9.71 Å². The lowest BCUT2D eigenvalue weighted by molar-refractivity contribution is 0.439. The first-order valence-electron chi connectivity index (χ1n) is 9.89. The maximum atomic E-state index is 14.3. The number of benzene rings is 2. The highest BCUT2D eigenvalue weighted by Crippen LogP contribution is 2.39. The van der Waals surface area contributed by atoms with Gasteiger partial charge in [0.1, 0.15) is 11.6 Å². The van der Waals surface area contributed by atoms with Gasteiger partial charge in [-0.1, -0.05) is 0 Å². The summed E-state index contributed by atoms with van der Waals surface area (Å²) in [6.07, 6.45) is 4.56. The van der Waals surface area contributed by atoms with Crippen LogP contribution >= 0.6 is 0 Å². The number of pyridine rings is 2. The van der Waals surface area contributed by atoms with Gasteiger partial charge in [0.05, 0.1) is 11.1 Å². The third-order valence-electron chi connectivity index (χ3n) is 5.02. The summed E-state index contributed by atoms with van der Waals surface area (Å²) in [7, 11) is -1.99. The topological polar surface area (TPSA) is 90.3 Å². The molecule has 1 N–H and O–H groups in total. The molecule has 0 bridgehead atoms. The first-order valence-corrected chi connectivity index (χ1v) is 11.5. The van der Waals surface area contributed by atoms with Gasteiger partial charge >= 0.3 is 0 Å². The van der Waals surface area contributed by atoms with Gasteiger partial charge in [-0.05, 0) is 43.3 Å². The molecule has 0 aliphatic heterocycles. The molecule has 0 aliphatic rings. The minimum atomic E-state index is -3.57. The van der Waals surface area contributed by atoms with Gasteiger partial charge in [-0.2, -0.15) is 0 Å². The monoisotopic (exact) mass is 471 g/mol. The molecule has 0 radical (unpaired) electrons. The molecule has 0 spiro atoms. The molecule has 0 saturated carbocycles. The average Bonchev–Trinajstić information content (AvgIpc) is 2.79. The molecule has 2 heterocycles. The van der Waals surface area contributed by atoms with Crippen LogP contribution in [-0.2, 0) is 17.1 Å². The van der Waals surface area contributed by atoms with Crippen molar-refractivity contribution in [1.82, 2.24) is 9.55 Å². The number of nitrogens with zero attached hydrogens (tertiary/aromatic N) is 2. The smallest absolute Gasteiger partial charge is 0.258 e. The molecule has 0 fully saturated rings. The number of hydrogen-bond acceptors (Lipinski definition) is 5. The van der Waals surface area contributed by atoms with E-state index in [1.165, 1.54) is 42.1 Å². The second-order valence-corrected chi connectivity index (χ2v) is 9.28. The average molecular weight is 471 g/mol. The van der Waals surface area contributed by atoms with Gasteiger partial charge in [0.25, 0.3) is 5.56 Å². The highest BCUT2D eigenvalue weighted by molar-refractivity contribution is 7.92. The molecule has 170 valence electrons. The number of sulfonamides is 1. The fraction of sp³-hybridized carbons (Fsp3) is 0.130. The van der Waals surface area contributed by atoms with Crippen molar-refractivity contribution < 1.29 is 21.9 Å². The van der Waals surface area contributed by atoms with Gasteiger partial charge in [-0.25, -0.2) is 17.2 Å². The molecular weight excluding hydrogens is 452 g/mol. The highest BCUT2D eigenvalue weighted by atomic mass is 32.2. The van der Waals surface area contributed by atoms with Gasteiger partial charge in [0.2, 0.25) is 10.0 Å². The number of aromatic nitrogens is 2. The Balaban J connectivity index is 1.95. The van der Waals surface area contributed by atoms with Crippen molar-refractivity contribution in [2.24, 2.45) is 7.05 Å². The first-order chi connectivity index (χ1) is 15.7. The summed E-state index contributed by atoms with van der Waals surface area (Å²) < 4.78 is 61.4. The maximum absolute atomic E-state index is 14.3. The molecule has 33 heavy (non-hydrogen) atoms. The van der Waals surface area contributed by atoms with Crippen molar-refractivity contribution in [2.75, 3.05) is 10.5 Å². The lowest BCUT2D eigenvalue weighted by Crippen LogP contribution is -2.17. The van der Waals surface area contributed by atoms with Crippen molar-refractivity contribution in [1.29, 1.82) is 0 Å². The number of anilines is 1. The standard InChI is InChI=1S/C23H19F2N3O4S/c1-3-33(30,31)27-15-5-7-21(32-22-6-4-14(24)10-20(22)25)17(11-15)19-13-28(2)23(29)16-8-9-26-12-18(16)19/h4-13,27H,3H2,1-2H3. The van der Waals surface area contributed by atoms with Gasteiger partial charge in [-0.15, -0.1) is 0 Å². The third-order valence-corrected chi connectivity index (χ3v) is 6.33. The lowest BCUT2D eigenvalue weighted by atomic mass is 10.0. The molecule has 2 aromatic carbocycles. The Bertz CT molecular complexity index is 1540. The molecule has 0 aliphatic carbocycles. The number of ether oxygens (including phenoxy) is 1. The van der Waals surface area contributed by atoms with Gasteiger partial charge in [0, 0.05) is 53.9 Å². The Kier molecular flexibility index (Phi) is 5.86. The minimum absolute atomic E-state index is 0.131. The second kappa shape index (κ2) is 8.62. The Morgan fingerprint density at radius 3 is 2.52 bits per heavy atom. The van der Waals surface area contributed by atoms with E-state index in [-0.39, 0.29) is 28.5 Å². The van der Waals surface area contributed by atoms with E-state index in [1.807, 2.05) is 0 Å². The lowest BCUT2D eigenvalue weighted by Gasteiger charge is -2.16. The fourth-order valence-corrected chi connectivity index (χ4v) is 3.97. The van der Waals surface area contributed by atoms with E-state index >= 15 is 0 Å². The van der Waals surface area contributed by atoms with E-state index in [0.29, 0.717) is 28.0 Å². The van der Waals surface area contributed by atoms with Crippen molar-refractivity contribution >= 4 is 26.5 Å². The Labute approximate surface area is 188 Å². The summed E-state index contributed by atoms with van der Waals surface area (Å²) in [6, 6.07) is 8.95. The molecule has 0 amide bonds. The number of hydrogen-bond donors (Lipinski definition) is 1. The summed E-state index contributed by atoms with van der Waals surface area (Å²) in [5, 5.41) is 0.893. The number of nitrogens with one attached hydrogen (secondary N) is 1. The zero-order valence-electron chi connectivity index (χ0n) is 17.7. The molecule has 4 aromatic rings. The zero-order chi connectivity index (χ0) is 23.8. The molecular formula is C23H19F2N3O4S. The Hall–Kier alpha value is -3.79. The van der Waals surface area contributed by atoms with Crippen LogP contribution in [-0.4, -0.2) is 23.7 Å². The molecule has 10 heteroatoms. The molecule has 7 nitrogen and oxygen atoms in total. The summed E-state index contributed by atoms with van der Waals surface area (Å²) in [5.74, 6) is -1.83. The fourth-order valence-electron chi connectivity index (χ4n) is 3.34. The van der Waals surface area contributed by atoms with Crippen LogP contribution in [0.5, 0.6) is 11.5 Å². The molecule has 0 saturated heterocycles. The SMILES string of the molecule is CCS(=O)(=O)Nc1ccc(Oc2ccc(F)cc2F)c(-c2cn(C)c(=O)c3ccncc23)c1. The second-order valence-electron chi connectivity index (χ2n) is 7.27. The van der Waals surface area contributed by atoms with Crippen molar-refractivity contribution in [3.63, 3.8) is 0 Å².